The number of nitrogens with one attached hydrogen (secondary N) is 5. The first-order chi connectivity index (χ1) is 33.9. The van der Waals surface area contributed by atoms with Crippen LogP contribution in [0.4, 0.5) is 9.59 Å². The maximum atomic E-state index is 13.7. The minimum atomic E-state index is -2.09. The van der Waals surface area contributed by atoms with Crippen molar-refractivity contribution in [3.8, 4) is 11.5 Å². The lowest BCUT2D eigenvalue weighted by atomic mass is 10.0. The summed E-state index contributed by atoms with van der Waals surface area (Å²) in [6.45, 7) is 22.5. The lowest BCUT2D eigenvalue weighted by Crippen LogP contribution is -2.60. The minimum absolute atomic E-state index is 0. The van der Waals surface area contributed by atoms with Crippen molar-refractivity contribution in [2.45, 2.75) is 163 Å². The molecule has 0 radical (unpaired) electrons. The van der Waals surface area contributed by atoms with Gasteiger partial charge in [-0.3, -0.25) is 24.8 Å². The van der Waals surface area contributed by atoms with Gasteiger partial charge in [-0.05, 0) is 127 Å². The third kappa shape index (κ3) is 32.5. The molecule has 4 rings (SSSR count). The number of hydrogen-bond acceptors (Lipinski definition) is 16. The highest BCUT2D eigenvalue weighted by Gasteiger charge is 2.39. The molecule has 2 aliphatic rings. The van der Waals surface area contributed by atoms with Crippen molar-refractivity contribution >= 4 is 114 Å². The first-order valence-corrected chi connectivity index (χ1v) is 28.7. The van der Waals surface area contributed by atoms with Crippen molar-refractivity contribution in [2.24, 2.45) is 0 Å². The van der Waals surface area contributed by atoms with Crippen LogP contribution in [-0.4, -0.2) is 124 Å². The molecular formula is C49H76Cl6N6O13Si. The molecule has 0 bridgehead atoms. The summed E-state index contributed by atoms with van der Waals surface area (Å²) in [6, 6.07) is 12.3. The molecule has 0 aromatic heterocycles. The number of halogens is 6. The van der Waals surface area contributed by atoms with Crippen LogP contribution in [0.3, 0.4) is 0 Å². The summed E-state index contributed by atoms with van der Waals surface area (Å²) in [4.78, 5) is 77.9. The van der Waals surface area contributed by atoms with Crippen molar-refractivity contribution in [1.82, 2.24) is 31.9 Å². The third-order valence-corrected chi connectivity index (χ3v) is 15.4. The number of carbonyl (C=O) groups is 5. The van der Waals surface area contributed by atoms with Crippen LogP contribution in [0.2, 0.25) is 18.1 Å². The molecule has 19 nitrogen and oxygen atoms in total. The van der Waals surface area contributed by atoms with Crippen molar-refractivity contribution in [3.63, 3.8) is 0 Å². The summed E-state index contributed by atoms with van der Waals surface area (Å²) in [5, 5.41) is 16.0. The first kappa shape index (κ1) is 71.2. The van der Waals surface area contributed by atoms with E-state index in [1.54, 1.807) is 39.0 Å². The van der Waals surface area contributed by atoms with Crippen LogP contribution in [0.5, 0.6) is 11.5 Å². The number of aromatic hydroxyl groups is 1. The molecule has 0 spiro atoms. The van der Waals surface area contributed by atoms with Crippen molar-refractivity contribution < 1.29 is 62.0 Å². The molecule has 2 fully saturated rings. The van der Waals surface area contributed by atoms with Gasteiger partial charge in [0.05, 0.1) is 0 Å². The number of benzene rings is 2. The highest BCUT2D eigenvalue weighted by molar-refractivity contribution is 6.74. The maximum absolute atomic E-state index is 13.7. The zero-order valence-electron chi connectivity index (χ0n) is 43.7. The molecule has 0 aliphatic carbocycles. The molecule has 0 saturated carbocycles. The van der Waals surface area contributed by atoms with Crippen molar-refractivity contribution in [2.75, 3.05) is 32.8 Å². The summed E-state index contributed by atoms with van der Waals surface area (Å²) in [6.07, 6.45) is 2.54. The SMILES string of the molecule is C.CC(C)(C)OC(=O)NCCc1cccc(O)c1.CC(C)(C)OC(=O)N[C@@H](Cc1cccc(O[Si](C)(C)C(C)(C)C)c1)C(=O)N1CCC[C@@H](C(=O)OCC(Cl)(Cl)Cl)N1.O=C(OCC(Cl)(Cl)Cl)[C@@H]1CCCNN1.O=C=O. The van der Waals surface area contributed by atoms with Crippen LogP contribution in [-0.2, 0) is 55.8 Å². The fourth-order valence-corrected chi connectivity index (χ4v) is 7.40. The Morgan fingerprint density at radius 2 is 1.29 bits per heavy atom. The fourth-order valence-electron chi connectivity index (χ4n) is 6.05. The standard InChI is InChI=1S/C27H42Cl3N3O6Si.C13H19NO3.C7H11Cl3N2O2.CO2.CH4/c1-25(2,3)38-24(36)31-21(16-18-11-9-12-19(15-18)39-40(7,8)26(4,5)6)22(34)33-14-10-13-20(32-33)23(35)37-17-27(28,29)30;1-13(2,3)17-12(16)14-8-7-10-5-4-6-11(15)9-10;8-7(9,10)4-14-6(13)5-2-1-3-11-12-5;2-1-3;/h9,11-12,15,20-21,32H,10,13-14,16-17H2,1-8H3,(H,31,36);4-6,9,15H,7-8H2,1-3H3,(H,14,16);5,11-12H,1-4H2;;1H4/t20-,21-;;5-;;/m0.0../s1. The average molecular weight is 1200 g/mol. The van der Waals surface area contributed by atoms with E-state index in [0.717, 1.165) is 30.5 Å². The van der Waals surface area contributed by atoms with E-state index in [1.165, 1.54) is 5.01 Å². The van der Waals surface area contributed by atoms with Gasteiger partial charge in [0.2, 0.25) is 15.9 Å². The molecule has 3 atom stereocenters. The van der Waals surface area contributed by atoms with E-state index in [-0.39, 0.29) is 43.4 Å². The van der Waals surface area contributed by atoms with Gasteiger partial charge in [-0.1, -0.05) is 122 Å². The van der Waals surface area contributed by atoms with E-state index < -0.39 is 75.8 Å². The van der Waals surface area contributed by atoms with Gasteiger partial charge in [0.25, 0.3) is 5.91 Å². The number of amides is 3. The van der Waals surface area contributed by atoms with Crippen LogP contribution in [0.25, 0.3) is 0 Å². The molecule has 3 amide bonds. The van der Waals surface area contributed by atoms with E-state index in [2.05, 4.69) is 60.8 Å². The predicted molar refractivity (Wildman–Crippen MR) is 293 cm³/mol. The molecule has 26 heteroatoms. The molecule has 426 valence electrons. The van der Waals surface area contributed by atoms with Crippen LogP contribution in [0, 0.1) is 0 Å². The Kier molecular flexibility index (Phi) is 31.2. The number of esters is 2. The number of hydrogen-bond donors (Lipinski definition) is 6. The van der Waals surface area contributed by atoms with Crippen LogP contribution in [0.15, 0.2) is 48.5 Å². The molecular weight excluding hydrogens is 1120 g/mol. The molecule has 6 N–H and O–H groups in total. The second-order valence-corrected chi connectivity index (χ2v) is 30.1. The monoisotopic (exact) mass is 1190 g/mol. The van der Waals surface area contributed by atoms with Crippen molar-refractivity contribution in [1.29, 1.82) is 0 Å². The second-order valence-electron chi connectivity index (χ2n) is 20.4. The van der Waals surface area contributed by atoms with Crippen molar-refractivity contribution in [3.05, 3.63) is 59.7 Å². The first-order valence-electron chi connectivity index (χ1n) is 23.5. The number of rotatable bonds is 13. The van der Waals surface area contributed by atoms with E-state index in [0.29, 0.717) is 38.1 Å². The number of ether oxygens (including phenoxy) is 4. The second kappa shape index (κ2) is 32.8. The maximum Gasteiger partial charge on any atom is 0.408 e. The lowest BCUT2D eigenvalue weighted by Gasteiger charge is -2.36. The van der Waals surface area contributed by atoms with E-state index in [1.807, 2.05) is 51.1 Å². The van der Waals surface area contributed by atoms with Gasteiger partial charge in [0, 0.05) is 26.1 Å². The zero-order valence-corrected chi connectivity index (χ0v) is 49.2. The summed E-state index contributed by atoms with van der Waals surface area (Å²) < 4.78 is 23.6. The number of phenols is 1. The Hall–Kier alpha value is -3.79. The van der Waals surface area contributed by atoms with Crippen LogP contribution >= 0.6 is 69.6 Å². The molecule has 2 aromatic rings. The highest BCUT2D eigenvalue weighted by atomic mass is 35.6. The average Bonchev–Trinajstić information content (AvgIpc) is 3.26. The summed E-state index contributed by atoms with van der Waals surface area (Å²) >= 11 is 33.4. The summed E-state index contributed by atoms with van der Waals surface area (Å²) in [5.74, 6) is -0.528. The number of alkyl halides is 6. The Bertz CT molecular complexity index is 2140. The highest BCUT2D eigenvalue weighted by Crippen LogP contribution is 2.37. The Labute approximate surface area is 472 Å². The van der Waals surface area contributed by atoms with Gasteiger partial charge >= 0.3 is 30.3 Å². The van der Waals surface area contributed by atoms with Gasteiger partial charge < -0.3 is 39.1 Å². The number of carbonyl (C=O) groups excluding carboxylic acids is 7. The zero-order chi connectivity index (χ0) is 56.7. The summed E-state index contributed by atoms with van der Waals surface area (Å²) in [7, 11) is -2.09. The topological polar surface area (TPSA) is 249 Å². The Balaban J connectivity index is 0.00000127. The third-order valence-electron chi connectivity index (χ3n) is 10.3. The number of nitrogens with zero attached hydrogens (tertiary/aromatic N) is 1. The smallest absolute Gasteiger partial charge is 0.408 e. The Morgan fingerprint density at radius 3 is 1.80 bits per heavy atom. The molecule has 2 saturated heterocycles. The molecule has 0 unspecified atom stereocenters. The molecule has 75 heavy (non-hydrogen) atoms. The quantitative estimate of drug-likeness (QED) is 0.0473. The van der Waals surface area contributed by atoms with E-state index in [4.69, 9.17) is 103 Å². The van der Waals surface area contributed by atoms with Gasteiger partial charge in [0.1, 0.15) is 54.0 Å². The van der Waals surface area contributed by atoms with Crippen LogP contribution < -0.4 is 31.3 Å². The minimum Gasteiger partial charge on any atom is -0.543 e. The van der Waals surface area contributed by atoms with Crippen LogP contribution in [0.1, 0.15) is 107 Å². The van der Waals surface area contributed by atoms with E-state index in [9.17, 15) is 29.1 Å². The lowest BCUT2D eigenvalue weighted by molar-refractivity contribution is -0.191. The van der Waals surface area contributed by atoms with E-state index >= 15 is 0 Å². The van der Waals surface area contributed by atoms with Gasteiger partial charge in [-0.25, -0.2) is 20.4 Å². The fraction of sp³-hybridized carbons (Fsp3) is 0.633. The number of hydrazine groups is 2. The van der Waals surface area contributed by atoms with Gasteiger partial charge in [-0.2, -0.15) is 9.59 Å². The summed E-state index contributed by atoms with van der Waals surface area (Å²) in [5.41, 5.74) is 9.10. The number of phenolic OH excluding ortho intramolecular Hbond substituents is 1. The molecule has 2 aliphatic heterocycles. The Morgan fingerprint density at radius 1 is 0.773 bits per heavy atom. The molecule has 2 aromatic carbocycles. The predicted octanol–water partition coefficient (Wildman–Crippen LogP) is 9.58. The normalized spacial score (nSPS) is 16.3. The number of alkyl carbamates (subject to hydrolysis) is 2. The molecule has 2 heterocycles. The van der Waals surface area contributed by atoms with Gasteiger partial charge in [-0.15, -0.1) is 0 Å². The largest absolute Gasteiger partial charge is 0.543 e. The van der Waals surface area contributed by atoms with Gasteiger partial charge in [0.15, 0.2) is 0 Å².